The summed E-state index contributed by atoms with van der Waals surface area (Å²) in [6.45, 7) is 1.10. The van der Waals surface area contributed by atoms with E-state index in [4.69, 9.17) is 5.73 Å². The van der Waals surface area contributed by atoms with Crippen LogP contribution in [0, 0.1) is 0 Å². The Morgan fingerprint density at radius 1 is 1.17 bits per heavy atom. The molecule has 29 heavy (non-hydrogen) atoms. The van der Waals surface area contributed by atoms with Gasteiger partial charge in [-0.05, 0) is 41.8 Å². The zero-order valence-electron chi connectivity index (χ0n) is 15.9. The van der Waals surface area contributed by atoms with Crippen LogP contribution in [0.3, 0.4) is 0 Å². The van der Waals surface area contributed by atoms with Gasteiger partial charge in [-0.2, -0.15) is 0 Å². The zero-order valence-corrected chi connectivity index (χ0v) is 17.4. The van der Waals surface area contributed by atoms with Gasteiger partial charge in [-0.3, -0.25) is 9.59 Å². The van der Waals surface area contributed by atoms with Crippen LogP contribution in [0.2, 0.25) is 0 Å². The Bertz CT molecular complexity index is 901. The molecule has 0 aromatic heterocycles. The minimum Gasteiger partial charge on any atom is -0.352 e. The molecule has 8 heteroatoms. The highest BCUT2D eigenvalue weighted by Crippen LogP contribution is 2.22. The number of primary amides is 1. The van der Waals surface area contributed by atoms with Gasteiger partial charge in [0.25, 0.3) is 0 Å². The lowest BCUT2D eigenvalue weighted by Crippen LogP contribution is -2.36. The summed E-state index contributed by atoms with van der Waals surface area (Å²) < 4.78 is 0.850. The number of rotatable bonds is 7. The molecule has 1 unspecified atom stereocenters. The molecule has 4 amide bonds. The van der Waals surface area contributed by atoms with Crippen molar-refractivity contribution < 1.29 is 14.4 Å². The van der Waals surface area contributed by atoms with E-state index in [-0.39, 0.29) is 18.2 Å². The van der Waals surface area contributed by atoms with Crippen LogP contribution in [-0.4, -0.2) is 24.4 Å². The van der Waals surface area contributed by atoms with E-state index < -0.39 is 12.1 Å². The summed E-state index contributed by atoms with van der Waals surface area (Å²) >= 11 is 3.39. The minimum atomic E-state index is -0.685. The van der Waals surface area contributed by atoms with E-state index in [1.165, 1.54) is 0 Å². The molecule has 1 aliphatic heterocycles. The van der Waals surface area contributed by atoms with Gasteiger partial charge in [0, 0.05) is 29.7 Å². The SMILES string of the molecule is NC(=O)NC(CC(=O)NCc1ccc(N2CCCC2=O)cc1)c1cccc(Br)c1. The first-order valence-corrected chi connectivity index (χ1v) is 10.2. The van der Waals surface area contributed by atoms with Crippen LogP contribution in [0.1, 0.15) is 36.4 Å². The monoisotopic (exact) mass is 458 g/mol. The maximum Gasteiger partial charge on any atom is 0.312 e. The van der Waals surface area contributed by atoms with Crippen molar-refractivity contribution in [1.82, 2.24) is 10.6 Å². The first kappa shape index (κ1) is 20.9. The van der Waals surface area contributed by atoms with Gasteiger partial charge in [0.1, 0.15) is 0 Å². The summed E-state index contributed by atoms with van der Waals surface area (Å²) in [5, 5.41) is 5.48. The van der Waals surface area contributed by atoms with Gasteiger partial charge in [0.2, 0.25) is 11.8 Å². The van der Waals surface area contributed by atoms with E-state index >= 15 is 0 Å². The van der Waals surface area contributed by atoms with Crippen LogP contribution in [0.15, 0.2) is 53.0 Å². The highest BCUT2D eigenvalue weighted by molar-refractivity contribution is 9.10. The summed E-state index contributed by atoms with van der Waals surface area (Å²) in [5.41, 5.74) is 7.85. The predicted octanol–water partition coefficient (Wildman–Crippen LogP) is 2.99. The molecule has 2 aromatic rings. The molecule has 2 aromatic carbocycles. The number of hydrogen-bond donors (Lipinski definition) is 3. The van der Waals surface area contributed by atoms with Crippen LogP contribution in [-0.2, 0) is 16.1 Å². The third-order valence-corrected chi connectivity index (χ3v) is 5.26. The number of urea groups is 1. The maximum absolute atomic E-state index is 12.4. The summed E-state index contributed by atoms with van der Waals surface area (Å²) in [6, 6.07) is 13.7. The second-order valence-electron chi connectivity index (χ2n) is 6.91. The van der Waals surface area contributed by atoms with Crippen LogP contribution >= 0.6 is 15.9 Å². The molecule has 152 valence electrons. The Morgan fingerprint density at radius 2 is 1.93 bits per heavy atom. The van der Waals surface area contributed by atoms with Crippen molar-refractivity contribution in [2.24, 2.45) is 5.73 Å². The zero-order chi connectivity index (χ0) is 20.8. The molecule has 7 nitrogen and oxygen atoms in total. The van der Waals surface area contributed by atoms with Gasteiger partial charge in [-0.1, -0.05) is 40.2 Å². The summed E-state index contributed by atoms with van der Waals surface area (Å²) in [5.74, 6) is -0.0610. The lowest BCUT2D eigenvalue weighted by Gasteiger charge is -2.18. The highest BCUT2D eigenvalue weighted by atomic mass is 79.9. The third kappa shape index (κ3) is 5.80. The number of carbonyl (C=O) groups excluding carboxylic acids is 3. The topological polar surface area (TPSA) is 105 Å². The van der Waals surface area contributed by atoms with Crippen molar-refractivity contribution >= 4 is 39.5 Å². The number of hydrogen-bond acceptors (Lipinski definition) is 3. The molecule has 0 spiro atoms. The lowest BCUT2D eigenvalue weighted by molar-refractivity contribution is -0.121. The van der Waals surface area contributed by atoms with Gasteiger partial charge < -0.3 is 21.3 Å². The van der Waals surface area contributed by atoms with Gasteiger partial charge in [-0.25, -0.2) is 4.79 Å². The van der Waals surface area contributed by atoms with Crippen molar-refractivity contribution in [3.05, 3.63) is 64.1 Å². The number of carbonyl (C=O) groups is 3. The van der Waals surface area contributed by atoms with Crippen LogP contribution < -0.4 is 21.3 Å². The van der Waals surface area contributed by atoms with Crippen LogP contribution in [0.4, 0.5) is 10.5 Å². The first-order valence-electron chi connectivity index (χ1n) is 9.40. The quantitative estimate of drug-likeness (QED) is 0.593. The Hall–Kier alpha value is -2.87. The number of nitrogens with one attached hydrogen (secondary N) is 2. The molecule has 0 radical (unpaired) electrons. The van der Waals surface area contributed by atoms with E-state index in [0.717, 1.165) is 34.3 Å². The molecule has 1 heterocycles. The van der Waals surface area contributed by atoms with Crippen molar-refractivity contribution in [3.8, 4) is 0 Å². The fourth-order valence-corrected chi connectivity index (χ4v) is 3.74. The molecule has 1 aliphatic rings. The third-order valence-electron chi connectivity index (χ3n) is 4.77. The Morgan fingerprint density at radius 3 is 2.55 bits per heavy atom. The second-order valence-corrected chi connectivity index (χ2v) is 7.83. The Kier molecular flexibility index (Phi) is 6.87. The van der Waals surface area contributed by atoms with Crippen LogP contribution in [0.25, 0.3) is 0 Å². The predicted molar refractivity (Wildman–Crippen MR) is 114 cm³/mol. The number of nitrogens with two attached hydrogens (primary N) is 1. The summed E-state index contributed by atoms with van der Waals surface area (Å²) in [4.78, 5) is 37.3. The van der Waals surface area contributed by atoms with E-state index in [1.807, 2.05) is 48.5 Å². The standard InChI is InChI=1S/C21H23BrN4O3/c22-16-4-1-3-15(11-16)18(25-21(23)29)12-19(27)24-13-14-6-8-17(9-7-14)26-10-2-5-20(26)28/h1,3-4,6-9,11,18H,2,5,10,12-13H2,(H,24,27)(H3,23,25,29). The van der Waals surface area contributed by atoms with Crippen LogP contribution in [0.5, 0.6) is 0 Å². The van der Waals surface area contributed by atoms with Gasteiger partial charge in [0.15, 0.2) is 0 Å². The molecule has 1 fully saturated rings. The molecular formula is C21H23BrN4O3. The molecule has 0 saturated carbocycles. The maximum atomic E-state index is 12.4. The Labute approximate surface area is 177 Å². The van der Waals surface area contributed by atoms with Gasteiger partial charge in [0.05, 0.1) is 12.5 Å². The number of nitrogens with zero attached hydrogens (tertiary/aromatic N) is 1. The largest absolute Gasteiger partial charge is 0.352 e. The second kappa shape index (κ2) is 9.56. The summed E-state index contributed by atoms with van der Waals surface area (Å²) in [6.07, 6.45) is 1.55. The van der Waals surface area contributed by atoms with E-state index in [1.54, 1.807) is 4.90 Å². The van der Waals surface area contributed by atoms with E-state index in [9.17, 15) is 14.4 Å². The average Bonchev–Trinajstić information content (AvgIpc) is 3.12. The molecule has 0 aliphatic carbocycles. The van der Waals surface area contributed by atoms with Crippen molar-refractivity contribution in [1.29, 1.82) is 0 Å². The lowest BCUT2D eigenvalue weighted by atomic mass is 10.0. The van der Waals surface area contributed by atoms with Crippen molar-refractivity contribution in [2.45, 2.75) is 31.8 Å². The first-order chi connectivity index (χ1) is 13.9. The van der Waals surface area contributed by atoms with Gasteiger partial charge >= 0.3 is 6.03 Å². The van der Waals surface area contributed by atoms with Crippen molar-refractivity contribution in [3.63, 3.8) is 0 Å². The normalized spacial score (nSPS) is 14.5. The number of halogens is 1. The molecule has 1 atom stereocenters. The average molecular weight is 459 g/mol. The fourth-order valence-electron chi connectivity index (χ4n) is 3.32. The molecule has 4 N–H and O–H groups in total. The number of benzene rings is 2. The molecule has 1 saturated heterocycles. The van der Waals surface area contributed by atoms with Crippen molar-refractivity contribution in [2.75, 3.05) is 11.4 Å². The smallest absolute Gasteiger partial charge is 0.312 e. The van der Waals surface area contributed by atoms with E-state index in [2.05, 4.69) is 26.6 Å². The molecule has 0 bridgehead atoms. The molecule has 3 rings (SSSR count). The Balaban J connectivity index is 1.57. The summed E-state index contributed by atoms with van der Waals surface area (Å²) in [7, 11) is 0. The molecular weight excluding hydrogens is 436 g/mol. The van der Waals surface area contributed by atoms with Gasteiger partial charge in [-0.15, -0.1) is 0 Å². The fraction of sp³-hybridized carbons (Fsp3) is 0.286. The minimum absolute atomic E-state index is 0.0692. The highest BCUT2D eigenvalue weighted by Gasteiger charge is 2.21. The van der Waals surface area contributed by atoms with E-state index in [0.29, 0.717) is 13.0 Å². The number of anilines is 1. The number of amides is 4.